The predicted octanol–water partition coefficient (Wildman–Crippen LogP) is 15.5. The third-order valence-electron chi connectivity index (χ3n) is 17.2. The quantitative estimate of drug-likeness (QED) is 0.0769. The third kappa shape index (κ3) is 7.92. The van der Waals surface area contributed by atoms with E-state index in [2.05, 4.69) is 242 Å². The first-order valence-electron chi connectivity index (χ1n) is 25.6. The van der Waals surface area contributed by atoms with E-state index in [1.165, 1.54) is 45.0 Å². The summed E-state index contributed by atoms with van der Waals surface area (Å²) in [5.74, 6) is 0. The number of likely N-dealkylation sites (N-methyl/N-ethyl adjacent to an activating group) is 2. The number of fused-ring (bicyclic) bond motifs is 8. The molecule has 382 valence electrons. The van der Waals surface area contributed by atoms with Crippen LogP contribution in [0.1, 0.15) is 74.9 Å². The smallest absolute Gasteiger partial charge is 0.270 e. The maximum Gasteiger partial charge on any atom is 0.270 e. The molecule has 0 saturated carbocycles. The second-order valence-electron chi connectivity index (χ2n) is 22.5. The van der Waals surface area contributed by atoms with Crippen LogP contribution in [0.4, 0.5) is 34.1 Å². The number of nitro benzene ring substituents is 2. The summed E-state index contributed by atoms with van der Waals surface area (Å²) in [5, 5.41) is 27.5. The number of non-ortho nitro benzene ring substituents is 2. The van der Waals surface area contributed by atoms with Crippen LogP contribution in [0.5, 0.6) is 0 Å². The lowest BCUT2D eigenvalue weighted by molar-refractivity contribution is -0.401. The number of nitrogens with zero attached hydrogens (tertiary/aromatic N) is 6. The van der Waals surface area contributed by atoms with Gasteiger partial charge in [0.2, 0.25) is 11.4 Å². The molecule has 4 heterocycles. The second-order valence-corrected chi connectivity index (χ2v) is 24.3. The molecule has 12 heteroatoms. The van der Waals surface area contributed by atoms with Crippen LogP contribution in [0.3, 0.4) is 0 Å². The molecular weight excluding hydrogens is 1080 g/mol. The van der Waals surface area contributed by atoms with Gasteiger partial charge in [-0.05, 0) is 171 Å². The van der Waals surface area contributed by atoms with E-state index in [1.54, 1.807) is 24.3 Å². The average Bonchev–Trinajstić information content (AvgIpc) is 3.89. The highest BCUT2D eigenvalue weighted by molar-refractivity contribution is 9.10. The number of benzene rings is 7. The standard InChI is InChI=1S/C64H60Br2N6O4/c1-61(2)55(69(9)53-29-23-41-21-27-45(71(73)74)35-47(41)59(53)61)13-11-15-57-63(5,49-33-43(65)25-31-51(49)67(57)7)37-39-17-19-40(20-18-39)38-64(6)50-34-44(66)26-32-52(50)68(8)58(64)16-12-14-56-62(3,4)60-48-36-46(72(75)76)28-22-42(48)24-30-54(60)70(56)10/h11-36H,37-38H2,1-10H3/q+2. The Morgan fingerprint density at radius 2 is 0.895 bits per heavy atom. The van der Waals surface area contributed by atoms with Gasteiger partial charge in [0.1, 0.15) is 14.1 Å². The molecule has 0 fully saturated rings. The molecule has 0 saturated heterocycles. The molecule has 7 aromatic rings. The van der Waals surface area contributed by atoms with Crippen molar-refractivity contribution in [2.24, 2.45) is 0 Å². The Hall–Kier alpha value is -7.28. The van der Waals surface area contributed by atoms with Gasteiger partial charge in [-0.15, -0.1) is 0 Å². The maximum absolute atomic E-state index is 11.8. The van der Waals surface area contributed by atoms with Crippen molar-refractivity contribution in [1.82, 2.24) is 0 Å². The van der Waals surface area contributed by atoms with Gasteiger partial charge in [0.15, 0.2) is 11.4 Å². The number of halogens is 2. The molecule has 0 bridgehead atoms. The maximum atomic E-state index is 11.8. The lowest BCUT2D eigenvalue weighted by Gasteiger charge is -2.30. The summed E-state index contributed by atoms with van der Waals surface area (Å²) in [7, 11) is 8.49. The third-order valence-corrected chi connectivity index (χ3v) is 18.2. The summed E-state index contributed by atoms with van der Waals surface area (Å²) in [5.41, 5.74) is 14.9. The lowest BCUT2D eigenvalue weighted by atomic mass is 9.75. The summed E-state index contributed by atoms with van der Waals surface area (Å²) in [6, 6.07) is 41.0. The van der Waals surface area contributed by atoms with Crippen LogP contribution in [0.25, 0.3) is 21.5 Å². The molecule has 0 N–H and O–H groups in total. The molecule has 0 spiro atoms. The molecule has 11 rings (SSSR count). The summed E-state index contributed by atoms with van der Waals surface area (Å²) < 4.78 is 6.52. The van der Waals surface area contributed by atoms with Crippen LogP contribution < -0.4 is 9.80 Å². The Kier molecular flexibility index (Phi) is 12.2. The van der Waals surface area contributed by atoms with Gasteiger partial charge in [-0.25, -0.2) is 0 Å². The topological polar surface area (TPSA) is 98.8 Å². The van der Waals surface area contributed by atoms with Gasteiger partial charge in [0.05, 0.1) is 20.7 Å². The number of hydrogen-bond donors (Lipinski definition) is 0. The fourth-order valence-electron chi connectivity index (χ4n) is 13.5. The lowest BCUT2D eigenvalue weighted by Crippen LogP contribution is -2.29. The predicted molar refractivity (Wildman–Crippen MR) is 317 cm³/mol. The molecule has 2 atom stereocenters. The first-order chi connectivity index (χ1) is 36.0. The first-order valence-corrected chi connectivity index (χ1v) is 27.2. The van der Waals surface area contributed by atoms with Gasteiger partial charge in [0, 0.05) is 116 Å². The van der Waals surface area contributed by atoms with Gasteiger partial charge >= 0.3 is 0 Å². The van der Waals surface area contributed by atoms with Gasteiger partial charge in [0.25, 0.3) is 11.4 Å². The van der Waals surface area contributed by atoms with Gasteiger partial charge in [-0.3, -0.25) is 20.2 Å². The van der Waals surface area contributed by atoms with Crippen molar-refractivity contribution in [2.75, 3.05) is 38.0 Å². The van der Waals surface area contributed by atoms with E-state index in [4.69, 9.17) is 0 Å². The minimum atomic E-state index is -0.409. The van der Waals surface area contributed by atoms with E-state index in [-0.39, 0.29) is 32.1 Å². The van der Waals surface area contributed by atoms with Crippen LogP contribution in [0.2, 0.25) is 0 Å². The highest BCUT2D eigenvalue weighted by Crippen LogP contribution is 2.53. The van der Waals surface area contributed by atoms with Crippen molar-refractivity contribution in [2.45, 2.75) is 76.0 Å². The molecule has 0 aliphatic carbocycles. The normalized spacial score (nSPS) is 21.3. The Labute approximate surface area is 461 Å². The van der Waals surface area contributed by atoms with Crippen molar-refractivity contribution in [1.29, 1.82) is 0 Å². The molecule has 0 aromatic heterocycles. The minimum Gasteiger partial charge on any atom is -0.347 e. The van der Waals surface area contributed by atoms with E-state index in [1.807, 2.05) is 12.1 Å². The molecule has 0 radical (unpaired) electrons. The zero-order valence-electron chi connectivity index (χ0n) is 44.5. The zero-order chi connectivity index (χ0) is 54.0. The molecule has 76 heavy (non-hydrogen) atoms. The van der Waals surface area contributed by atoms with Crippen molar-refractivity contribution in [3.8, 4) is 0 Å². The van der Waals surface area contributed by atoms with Gasteiger partial charge in [-0.1, -0.05) is 68.3 Å². The molecule has 10 nitrogen and oxygen atoms in total. The number of hydrogen-bond acceptors (Lipinski definition) is 6. The first kappa shape index (κ1) is 50.9. The molecular formula is C64H60Br2N6O4+2. The van der Waals surface area contributed by atoms with Crippen molar-refractivity contribution >= 4 is 99.0 Å². The van der Waals surface area contributed by atoms with E-state index in [9.17, 15) is 20.2 Å². The largest absolute Gasteiger partial charge is 0.347 e. The molecule has 4 aliphatic rings. The average molecular weight is 1140 g/mol. The van der Waals surface area contributed by atoms with Gasteiger partial charge < -0.3 is 9.80 Å². The van der Waals surface area contributed by atoms with Crippen LogP contribution in [0.15, 0.2) is 178 Å². The van der Waals surface area contributed by atoms with Crippen molar-refractivity contribution in [3.63, 3.8) is 0 Å². The Morgan fingerprint density at radius 1 is 0.526 bits per heavy atom. The Balaban J connectivity index is 0.890. The minimum absolute atomic E-state index is 0.0948. The summed E-state index contributed by atoms with van der Waals surface area (Å²) in [4.78, 5) is 27.7. The fourth-order valence-corrected chi connectivity index (χ4v) is 14.2. The highest BCUT2D eigenvalue weighted by atomic mass is 79.9. The monoisotopic (exact) mass is 1130 g/mol. The van der Waals surface area contributed by atoms with Crippen LogP contribution >= 0.6 is 31.9 Å². The Bertz CT molecular complexity index is 3650. The summed E-state index contributed by atoms with van der Waals surface area (Å²) in [6.07, 6.45) is 14.9. The van der Waals surface area contributed by atoms with E-state index in [0.717, 1.165) is 77.3 Å². The molecule has 4 aliphatic heterocycles. The van der Waals surface area contributed by atoms with E-state index < -0.39 is 10.8 Å². The van der Waals surface area contributed by atoms with Crippen molar-refractivity contribution in [3.05, 3.63) is 232 Å². The zero-order valence-corrected chi connectivity index (χ0v) is 47.7. The molecule has 2 unspecified atom stereocenters. The van der Waals surface area contributed by atoms with Crippen LogP contribution in [-0.2, 0) is 34.5 Å². The Morgan fingerprint density at radius 3 is 1.26 bits per heavy atom. The number of nitro groups is 2. The summed E-state index contributed by atoms with van der Waals surface area (Å²) >= 11 is 7.62. The second kappa shape index (κ2) is 18.2. The van der Waals surface area contributed by atoms with Crippen molar-refractivity contribution < 1.29 is 19.0 Å². The number of anilines is 2. The van der Waals surface area contributed by atoms with Gasteiger partial charge in [-0.2, -0.15) is 9.15 Å². The molecule has 0 amide bonds. The fraction of sp³-hybridized carbons (Fsp3) is 0.250. The molecule has 7 aromatic carbocycles. The SMILES string of the molecule is CN1C(=CC=CC2=[N+](C)c3ccc4ccc([N+](=O)[O-])cc4c3C2(C)C)C(C)(Cc2ccc(CC3(C)C(=CC=CC4=[N+](C)c5ccc6ccc([N+](=O)[O-])cc6c5C4(C)C)N(C)c4ccc(Br)cc43)cc2)c2cc(Br)ccc21. The summed E-state index contributed by atoms with van der Waals surface area (Å²) in [6.45, 7) is 13.5. The number of rotatable bonds is 10. The van der Waals surface area contributed by atoms with Crippen LogP contribution in [-0.4, -0.2) is 58.6 Å². The van der Waals surface area contributed by atoms with E-state index in [0.29, 0.717) is 0 Å². The highest BCUT2D eigenvalue weighted by Gasteiger charge is 2.48. The number of allylic oxidation sites excluding steroid dienone is 8. The van der Waals surface area contributed by atoms with Crippen LogP contribution in [0, 0.1) is 20.2 Å². The van der Waals surface area contributed by atoms with E-state index >= 15 is 0 Å².